The second-order valence-electron chi connectivity index (χ2n) is 7.39. The molecule has 0 aliphatic rings. The Kier molecular flexibility index (Phi) is 8.29. The van der Waals surface area contributed by atoms with Crippen LogP contribution in [0.15, 0.2) is 77.7 Å². The van der Waals surface area contributed by atoms with E-state index in [0.29, 0.717) is 22.1 Å². The zero-order chi connectivity index (χ0) is 24.0. The molecule has 0 saturated heterocycles. The maximum absolute atomic E-state index is 12.7. The van der Waals surface area contributed by atoms with Crippen LogP contribution in [0, 0.1) is 0 Å². The van der Waals surface area contributed by atoms with Crippen LogP contribution in [0.4, 0.5) is 11.4 Å². The molecule has 1 unspecified atom stereocenters. The first-order valence-corrected chi connectivity index (χ1v) is 13.3. The van der Waals surface area contributed by atoms with Gasteiger partial charge in [0.1, 0.15) is 5.75 Å². The zero-order valence-corrected chi connectivity index (χ0v) is 20.9. The van der Waals surface area contributed by atoms with E-state index in [1.165, 1.54) is 11.4 Å². The van der Waals surface area contributed by atoms with Crippen LogP contribution < -0.4 is 14.4 Å². The fourth-order valence-corrected chi connectivity index (χ4v) is 4.45. The van der Waals surface area contributed by atoms with Crippen LogP contribution in [0.3, 0.4) is 0 Å². The summed E-state index contributed by atoms with van der Waals surface area (Å²) in [6.45, 7) is 1.66. The van der Waals surface area contributed by atoms with Gasteiger partial charge < -0.3 is 10.1 Å². The number of amides is 1. The highest BCUT2D eigenvalue weighted by molar-refractivity contribution is 7.98. The summed E-state index contributed by atoms with van der Waals surface area (Å²) in [5, 5.41) is 3.63. The van der Waals surface area contributed by atoms with Crippen LogP contribution in [0.1, 0.15) is 12.5 Å². The molecule has 0 saturated carbocycles. The van der Waals surface area contributed by atoms with Crippen LogP contribution in [0.25, 0.3) is 0 Å². The van der Waals surface area contributed by atoms with E-state index in [4.69, 9.17) is 16.3 Å². The fourth-order valence-electron chi connectivity index (χ4n) is 2.86. The number of sulfonamides is 1. The molecule has 33 heavy (non-hydrogen) atoms. The molecule has 0 aromatic heterocycles. The lowest BCUT2D eigenvalue weighted by Crippen LogP contribution is -2.30. The quantitative estimate of drug-likeness (QED) is 0.393. The van der Waals surface area contributed by atoms with Crippen molar-refractivity contribution in [2.45, 2.75) is 23.7 Å². The SMILES string of the molecule is CC(Oc1ccc(N(C)S(C)(=O)=O)cc1)C(=O)Nc1ccccc1SCc1ccc(Cl)cc1. The average Bonchev–Trinajstić information content (AvgIpc) is 2.79. The minimum atomic E-state index is -3.35. The maximum Gasteiger partial charge on any atom is 0.265 e. The van der Waals surface area contributed by atoms with Gasteiger partial charge in [0.05, 0.1) is 17.6 Å². The van der Waals surface area contributed by atoms with Crippen molar-refractivity contribution in [3.05, 3.63) is 83.4 Å². The zero-order valence-electron chi connectivity index (χ0n) is 18.5. The minimum absolute atomic E-state index is 0.285. The third kappa shape index (κ3) is 7.15. The number of ether oxygens (including phenoxy) is 1. The molecule has 1 amide bonds. The van der Waals surface area contributed by atoms with Crippen LogP contribution in [0.2, 0.25) is 5.02 Å². The highest BCUT2D eigenvalue weighted by Gasteiger charge is 2.17. The van der Waals surface area contributed by atoms with E-state index in [1.54, 1.807) is 43.0 Å². The number of benzene rings is 3. The van der Waals surface area contributed by atoms with Crippen LogP contribution in [-0.4, -0.2) is 33.7 Å². The predicted octanol–water partition coefficient (Wildman–Crippen LogP) is 5.43. The van der Waals surface area contributed by atoms with Gasteiger partial charge in [0.25, 0.3) is 5.91 Å². The van der Waals surface area contributed by atoms with Crippen molar-refractivity contribution in [3.8, 4) is 5.75 Å². The molecular formula is C24H25ClN2O4S2. The van der Waals surface area contributed by atoms with Crippen molar-refractivity contribution >= 4 is 50.7 Å². The number of thioether (sulfide) groups is 1. The summed E-state index contributed by atoms with van der Waals surface area (Å²) < 4.78 is 30.2. The third-order valence-corrected chi connectivity index (χ3v) is 7.43. The Hall–Kier alpha value is -2.68. The van der Waals surface area contributed by atoms with Gasteiger partial charge in [-0.25, -0.2) is 8.42 Å². The van der Waals surface area contributed by atoms with Crippen molar-refractivity contribution in [2.24, 2.45) is 0 Å². The molecule has 0 spiro atoms. The predicted molar refractivity (Wildman–Crippen MR) is 136 cm³/mol. The Balaban J connectivity index is 1.61. The first-order valence-electron chi connectivity index (χ1n) is 10.1. The number of nitrogens with one attached hydrogen (secondary N) is 1. The summed E-state index contributed by atoms with van der Waals surface area (Å²) in [6, 6.07) is 21.8. The number of hydrogen-bond acceptors (Lipinski definition) is 5. The Morgan fingerprint density at radius 3 is 2.33 bits per heavy atom. The highest BCUT2D eigenvalue weighted by atomic mass is 35.5. The van der Waals surface area contributed by atoms with E-state index in [2.05, 4.69) is 5.32 Å². The topological polar surface area (TPSA) is 75.7 Å². The molecule has 0 radical (unpaired) electrons. The summed E-state index contributed by atoms with van der Waals surface area (Å²) in [7, 11) is -1.87. The number of para-hydroxylation sites is 1. The van der Waals surface area contributed by atoms with Gasteiger partial charge in [0.2, 0.25) is 10.0 Å². The van der Waals surface area contributed by atoms with E-state index in [-0.39, 0.29) is 5.91 Å². The van der Waals surface area contributed by atoms with E-state index >= 15 is 0 Å². The van der Waals surface area contributed by atoms with Gasteiger partial charge in [0.15, 0.2) is 6.10 Å². The van der Waals surface area contributed by atoms with Gasteiger partial charge in [-0.1, -0.05) is 35.9 Å². The molecule has 1 N–H and O–H groups in total. The molecule has 0 fully saturated rings. The average molecular weight is 505 g/mol. The molecule has 0 aliphatic carbocycles. The number of hydrogen-bond donors (Lipinski definition) is 1. The largest absolute Gasteiger partial charge is 0.481 e. The summed E-state index contributed by atoms with van der Waals surface area (Å²) in [4.78, 5) is 13.7. The van der Waals surface area contributed by atoms with Crippen LogP contribution >= 0.6 is 23.4 Å². The Labute approximate surface area is 204 Å². The molecule has 0 aliphatic heterocycles. The Morgan fingerprint density at radius 2 is 1.70 bits per heavy atom. The molecule has 6 nitrogen and oxygen atoms in total. The van der Waals surface area contributed by atoms with Gasteiger partial charge in [-0.2, -0.15) is 0 Å². The van der Waals surface area contributed by atoms with Crippen molar-refractivity contribution in [1.29, 1.82) is 0 Å². The minimum Gasteiger partial charge on any atom is -0.481 e. The van der Waals surface area contributed by atoms with Gasteiger partial charge in [0, 0.05) is 22.7 Å². The fraction of sp³-hybridized carbons (Fsp3) is 0.208. The molecule has 9 heteroatoms. The first-order chi connectivity index (χ1) is 15.6. The molecule has 3 aromatic carbocycles. The standard InChI is InChI=1S/C24H25ClN2O4S2/c1-17(31-21-14-12-20(13-15-21)27(2)33(3,29)30)24(28)26-22-6-4-5-7-23(22)32-16-18-8-10-19(25)11-9-18/h4-15,17H,16H2,1-3H3,(H,26,28). The second-order valence-corrected chi connectivity index (χ2v) is 10.9. The normalized spacial score (nSPS) is 12.1. The summed E-state index contributed by atoms with van der Waals surface area (Å²) in [6.07, 6.45) is 0.382. The van der Waals surface area contributed by atoms with Gasteiger partial charge in [-0.15, -0.1) is 11.8 Å². The third-order valence-electron chi connectivity index (χ3n) is 4.83. The second kappa shape index (κ2) is 11.0. The Bertz CT molecular complexity index is 1200. The summed E-state index contributed by atoms with van der Waals surface area (Å²) in [5.74, 6) is 0.922. The number of halogens is 1. The molecule has 3 aromatic rings. The molecule has 0 heterocycles. The van der Waals surface area contributed by atoms with E-state index in [0.717, 1.165) is 22.5 Å². The molecule has 3 rings (SSSR count). The monoisotopic (exact) mass is 504 g/mol. The number of rotatable bonds is 9. The summed E-state index contributed by atoms with van der Waals surface area (Å²) in [5.41, 5.74) is 2.35. The number of carbonyl (C=O) groups is 1. The number of anilines is 2. The van der Waals surface area contributed by atoms with Crippen molar-refractivity contribution < 1.29 is 17.9 Å². The molecule has 174 valence electrons. The van der Waals surface area contributed by atoms with Gasteiger partial charge in [-0.05, 0) is 61.0 Å². The highest BCUT2D eigenvalue weighted by Crippen LogP contribution is 2.30. The molecular weight excluding hydrogens is 480 g/mol. The molecule has 1 atom stereocenters. The maximum atomic E-state index is 12.7. The van der Waals surface area contributed by atoms with Crippen LogP contribution in [0.5, 0.6) is 5.75 Å². The lowest BCUT2D eigenvalue weighted by atomic mass is 10.2. The van der Waals surface area contributed by atoms with E-state index in [9.17, 15) is 13.2 Å². The van der Waals surface area contributed by atoms with Crippen LogP contribution in [-0.2, 0) is 20.6 Å². The van der Waals surface area contributed by atoms with Crippen molar-refractivity contribution in [3.63, 3.8) is 0 Å². The van der Waals surface area contributed by atoms with E-state index in [1.807, 2.05) is 48.5 Å². The van der Waals surface area contributed by atoms with Gasteiger partial charge >= 0.3 is 0 Å². The number of nitrogens with zero attached hydrogens (tertiary/aromatic N) is 1. The Morgan fingerprint density at radius 1 is 1.06 bits per heavy atom. The van der Waals surface area contributed by atoms with Crippen molar-refractivity contribution in [2.75, 3.05) is 22.9 Å². The smallest absolute Gasteiger partial charge is 0.265 e. The number of carbonyl (C=O) groups excluding carboxylic acids is 1. The lowest BCUT2D eigenvalue weighted by molar-refractivity contribution is -0.122. The first kappa shape index (κ1) is 25.0. The van der Waals surface area contributed by atoms with E-state index < -0.39 is 16.1 Å². The lowest BCUT2D eigenvalue weighted by Gasteiger charge is -2.19. The summed E-state index contributed by atoms with van der Waals surface area (Å²) >= 11 is 7.56. The molecule has 0 bridgehead atoms. The van der Waals surface area contributed by atoms with Gasteiger partial charge in [-0.3, -0.25) is 9.10 Å². The van der Waals surface area contributed by atoms with Crippen molar-refractivity contribution in [1.82, 2.24) is 0 Å².